The minimum atomic E-state index is -0.907. The molecule has 33 heavy (non-hydrogen) atoms. The van der Waals surface area contributed by atoms with Gasteiger partial charge in [-0.1, -0.05) is 6.92 Å². The lowest BCUT2D eigenvalue weighted by Crippen LogP contribution is -2.21. The monoisotopic (exact) mass is 469 g/mol. The van der Waals surface area contributed by atoms with E-state index in [9.17, 15) is 15.2 Å². The van der Waals surface area contributed by atoms with E-state index >= 15 is 0 Å². The summed E-state index contributed by atoms with van der Waals surface area (Å²) in [6, 6.07) is 4.10. The number of aliphatic carboxylic acids is 1. The summed E-state index contributed by atoms with van der Waals surface area (Å²) in [5.41, 5.74) is 4.22. The Hall–Kier alpha value is -3.16. The third kappa shape index (κ3) is 4.26. The van der Waals surface area contributed by atoms with Crippen LogP contribution in [0.15, 0.2) is 6.07 Å². The molecule has 1 aliphatic heterocycles. The second-order valence-electron chi connectivity index (χ2n) is 8.28. The van der Waals surface area contributed by atoms with E-state index in [0.29, 0.717) is 36.7 Å². The number of benzene rings is 1. The zero-order chi connectivity index (χ0) is 23.7. The maximum atomic E-state index is 11.5. The summed E-state index contributed by atoms with van der Waals surface area (Å²) in [5, 5.41) is 21.1. The molecule has 3 aromatic rings. The molecule has 0 fully saturated rings. The lowest BCUT2D eigenvalue weighted by Gasteiger charge is -2.25. The zero-order valence-corrected chi connectivity index (χ0v) is 20.0. The zero-order valence-electron chi connectivity index (χ0n) is 19.2. The van der Waals surface area contributed by atoms with Gasteiger partial charge in [-0.25, -0.2) is 0 Å². The van der Waals surface area contributed by atoms with Crippen LogP contribution in [0.1, 0.15) is 54.1 Å². The SMILES string of the molecule is CCCn1c2c(c3c(C#N)cc(OCc4nsc(N(C)C)n4)c(C)c31)CCO[C@@H]2CC(=O)O. The van der Waals surface area contributed by atoms with Gasteiger partial charge >= 0.3 is 5.97 Å². The summed E-state index contributed by atoms with van der Waals surface area (Å²) < 4.78 is 18.4. The van der Waals surface area contributed by atoms with Gasteiger partial charge in [-0.2, -0.15) is 14.6 Å². The number of carboxylic acids is 1. The van der Waals surface area contributed by atoms with Gasteiger partial charge in [0.15, 0.2) is 5.82 Å². The van der Waals surface area contributed by atoms with E-state index in [-0.39, 0.29) is 13.0 Å². The van der Waals surface area contributed by atoms with Crippen molar-refractivity contribution in [2.45, 2.75) is 52.4 Å². The van der Waals surface area contributed by atoms with Crippen LogP contribution >= 0.6 is 11.5 Å². The fraction of sp³-hybridized carbons (Fsp3) is 0.478. The molecule has 0 saturated heterocycles. The van der Waals surface area contributed by atoms with Crippen molar-refractivity contribution in [3.63, 3.8) is 0 Å². The van der Waals surface area contributed by atoms with Crippen molar-refractivity contribution in [2.75, 3.05) is 25.6 Å². The molecule has 1 N–H and O–H groups in total. The number of hydrogen-bond donors (Lipinski definition) is 1. The fourth-order valence-corrected chi connectivity index (χ4v) is 5.03. The van der Waals surface area contributed by atoms with Crippen LogP contribution in [-0.4, -0.2) is 45.7 Å². The largest absolute Gasteiger partial charge is 0.485 e. The smallest absolute Gasteiger partial charge is 0.306 e. The Balaban J connectivity index is 1.82. The number of carbonyl (C=O) groups is 1. The topological polar surface area (TPSA) is 114 Å². The summed E-state index contributed by atoms with van der Waals surface area (Å²) in [7, 11) is 3.82. The standard InChI is InChI=1S/C23H27N5O4S/c1-5-7-28-21-13(2)16(32-12-18-25-23(27(3)4)33-26-18)9-14(11-24)20(21)15-6-8-31-17(22(15)28)10-19(29)30/h9,17H,5-8,10,12H2,1-4H3,(H,29,30)/t17-/m1/s1. The highest BCUT2D eigenvalue weighted by Crippen LogP contribution is 2.42. The number of ether oxygens (including phenoxy) is 2. The third-order valence-corrected chi connectivity index (χ3v) is 6.70. The number of anilines is 1. The van der Waals surface area contributed by atoms with Crippen LogP contribution in [0.4, 0.5) is 5.13 Å². The molecule has 9 nitrogen and oxygen atoms in total. The van der Waals surface area contributed by atoms with E-state index in [1.165, 1.54) is 11.5 Å². The minimum absolute atomic E-state index is 0.110. The number of hydrogen-bond acceptors (Lipinski definition) is 8. The highest BCUT2D eigenvalue weighted by Gasteiger charge is 2.32. The molecule has 1 aromatic carbocycles. The first-order valence-corrected chi connectivity index (χ1v) is 11.7. The second kappa shape index (κ2) is 9.37. The van der Waals surface area contributed by atoms with Crippen LogP contribution in [0.3, 0.4) is 0 Å². The van der Waals surface area contributed by atoms with Gasteiger partial charge in [0.05, 0.1) is 35.9 Å². The Kier molecular flexibility index (Phi) is 6.54. The summed E-state index contributed by atoms with van der Waals surface area (Å²) in [6.07, 6.45) is 0.854. The molecular formula is C23H27N5O4S. The highest BCUT2D eigenvalue weighted by atomic mass is 32.1. The van der Waals surface area contributed by atoms with Gasteiger partial charge in [0.1, 0.15) is 18.5 Å². The first kappa shape index (κ1) is 23.0. The third-order valence-electron chi connectivity index (χ3n) is 5.78. The lowest BCUT2D eigenvalue weighted by molar-refractivity contribution is -0.140. The van der Waals surface area contributed by atoms with Gasteiger partial charge in [0.25, 0.3) is 0 Å². The van der Waals surface area contributed by atoms with Crippen LogP contribution in [0, 0.1) is 18.3 Å². The number of rotatable bonds is 8. The van der Waals surface area contributed by atoms with E-state index in [1.807, 2.05) is 25.9 Å². The Labute approximate surface area is 196 Å². The molecule has 0 aliphatic carbocycles. The molecule has 0 unspecified atom stereocenters. The van der Waals surface area contributed by atoms with Crippen molar-refractivity contribution in [3.05, 3.63) is 34.3 Å². The number of nitriles is 1. The summed E-state index contributed by atoms with van der Waals surface area (Å²) >= 11 is 1.31. The molecule has 0 amide bonds. The second-order valence-corrected chi connectivity index (χ2v) is 9.01. The van der Waals surface area contributed by atoms with E-state index in [1.54, 1.807) is 6.07 Å². The maximum Gasteiger partial charge on any atom is 0.306 e. The van der Waals surface area contributed by atoms with Gasteiger partial charge in [-0.15, -0.1) is 0 Å². The van der Waals surface area contributed by atoms with Crippen LogP contribution in [0.2, 0.25) is 0 Å². The molecule has 4 rings (SSSR count). The quantitative estimate of drug-likeness (QED) is 0.530. The molecule has 1 atom stereocenters. The first-order valence-electron chi connectivity index (χ1n) is 10.9. The molecule has 0 bridgehead atoms. The Bertz CT molecular complexity index is 1240. The van der Waals surface area contributed by atoms with Crippen LogP contribution in [-0.2, 0) is 29.1 Å². The van der Waals surface area contributed by atoms with Gasteiger partial charge in [0, 0.05) is 43.1 Å². The molecule has 0 saturated carbocycles. The molecular weight excluding hydrogens is 442 g/mol. The Morgan fingerprint density at radius 2 is 2.27 bits per heavy atom. The number of aromatic nitrogens is 3. The van der Waals surface area contributed by atoms with Crippen molar-refractivity contribution in [3.8, 4) is 11.8 Å². The minimum Gasteiger partial charge on any atom is -0.485 e. The molecule has 0 spiro atoms. The Morgan fingerprint density at radius 3 is 2.91 bits per heavy atom. The number of aryl methyl sites for hydroxylation is 2. The maximum absolute atomic E-state index is 11.5. The Morgan fingerprint density at radius 1 is 1.48 bits per heavy atom. The normalized spacial score (nSPS) is 15.3. The molecule has 0 radical (unpaired) electrons. The van der Waals surface area contributed by atoms with Crippen molar-refractivity contribution < 1.29 is 19.4 Å². The summed E-state index contributed by atoms with van der Waals surface area (Å²) in [5.74, 6) is 0.276. The number of fused-ring (bicyclic) bond motifs is 3. The first-order chi connectivity index (χ1) is 15.8. The fourth-order valence-electron chi connectivity index (χ4n) is 4.44. The number of nitrogens with zero attached hydrogens (tertiary/aromatic N) is 5. The average molecular weight is 470 g/mol. The van der Waals surface area contributed by atoms with Crippen molar-refractivity contribution in [1.29, 1.82) is 5.26 Å². The van der Waals surface area contributed by atoms with E-state index in [0.717, 1.165) is 39.3 Å². The van der Waals surface area contributed by atoms with Gasteiger partial charge in [-0.3, -0.25) is 4.79 Å². The van der Waals surface area contributed by atoms with E-state index in [2.05, 4.69) is 26.9 Å². The highest BCUT2D eigenvalue weighted by molar-refractivity contribution is 7.09. The summed E-state index contributed by atoms with van der Waals surface area (Å²) in [4.78, 5) is 17.8. The molecule has 3 heterocycles. The van der Waals surface area contributed by atoms with Crippen molar-refractivity contribution in [2.24, 2.45) is 0 Å². The van der Waals surface area contributed by atoms with Gasteiger partial charge in [-0.05, 0) is 31.4 Å². The predicted octanol–water partition coefficient (Wildman–Crippen LogP) is 3.82. The molecule has 10 heteroatoms. The average Bonchev–Trinajstić information content (AvgIpc) is 3.38. The van der Waals surface area contributed by atoms with E-state index in [4.69, 9.17) is 9.47 Å². The van der Waals surface area contributed by atoms with Gasteiger partial charge in [0.2, 0.25) is 5.13 Å². The molecule has 1 aliphatic rings. The van der Waals surface area contributed by atoms with Crippen molar-refractivity contribution >= 4 is 33.5 Å². The molecule has 2 aromatic heterocycles. The van der Waals surface area contributed by atoms with Gasteiger partial charge < -0.3 is 24.0 Å². The number of carboxylic acid groups (broad SMARTS) is 1. The summed E-state index contributed by atoms with van der Waals surface area (Å²) in [6.45, 7) is 5.37. The lowest BCUT2D eigenvalue weighted by atomic mass is 9.96. The predicted molar refractivity (Wildman–Crippen MR) is 125 cm³/mol. The van der Waals surface area contributed by atoms with Crippen LogP contribution < -0.4 is 9.64 Å². The van der Waals surface area contributed by atoms with E-state index < -0.39 is 12.1 Å². The van der Waals surface area contributed by atoms with Crippen LogP contribution in [0.25, 0.3) is 10.9 Å². The van der Waals surface area contributed by atoms with Crippen LogP contribution in [0.5, 0.6) is 5.75 Å². The molecule has 174 valence electrons. The van der Waals surface area contributed by atoms with Crippen molar-refractivity contribution in [1.82, 2.24) is 13.9 Å².